The Kier molecular flexibility index (Phi) is 4.34. The van der Waals surface area contributed by atoms with Crippen molar-refractivity contribution in [2.24, 2.45) is 11.8 Å². The van der Waals surface area contributed by atoms with Crippen LogP contribution in [0.4, 0.5) is 0 Å². The average molecular weight is 404 g/mol. The van der Waals surface area contributed by atoms with Crippen molar-refractivity contribution >= 4 is 16.8 Å². The number of amides is 1. The molecule has 4 heterocycles. The van der Waals surface area contributed by atoms with Gasteiger partial charge in [0.1, 0.15) is 5.56 Å². The number of aromatic nitrogens is 1. The van der Waals surface area contributed by atoms with Crippen molar-refractivity contribution in [3.05, 3.63) is 57.9 Å². The van der Waals surface area contributed by atoms with Crippen LogP contribution in [0, 0.1) is 11.8 Å². The van der Waals surface area contributed by atoms with E-state index in [-0.39, 0.29) is 22.9 Å². The fourth-order valence-electron chi connectivity index (χ4n) is 6.68. The minimum Gasteiger partial charge on any atom is -0.360 e. The Morgan fingerprint density at radius 3 is 2.93 bits per heavy atom. The minimum atomic E-state index is -0.154. The summed E-state index contributed by atoms with van der Waals surface area (Å²) in [6.45, 7) is 3.05. The van der Waals surface area contributed by atoms with Crippen molar-refractivity contribution in [1.29, 1.82) is 0 Å². The molecule has 1 amide bonds. The third-order valence-corrected chi connectivity index (χ3v) is 7.94. The number of aromatic amines is 1. The summed E-state index contributed by atoms with van der Waals surface area (Å²) in [6.07, 6.45) is 11.4. The van der Waals surface area contributed by atoms with Crippen LogP contribution in [0.3, 0.4) is 0 Å². The lowest BCUT2D eigenvalue weighted by molar-refractivity contribution is 0.00143. The van der Waals surface area contributed by atoms with Gasteiger partial charge in [-0.05, 0) is 62.6 Å². The molecule has 2 bridgehead atoms. The third-order valence-electron chi connectivity index (χ3n) is 7.94. The molecule has 3 fully saturated rings. The predicted molar refractivity (Wildman–Crippen MR) is 118 cm³/mol. The largest absolute Gasteiger partial charge is 0.360 e. The van der Waals surface area contributed by atoms with Crippen molar-refractivity contribution in [3.63, 3.8) is 0 Å². The van der Waals surface area contributed by atoms with Crippen molar-refractivity contribution in [1.82, 2.24) is 14.8 Å². The molecule has 1 aliphatic carbocycles. The van der Waals surface area contributed by atoms with Crippen molar-refractivity contribution in [2.45, 2.75) is 50.6 Å². The van der Waals surface area contributed by atoms with E-state index in [4.69, 9.17) is 0 Å². The Hall–Kier alpha value is -2.40. The van der Waals surface area contributed by atoms with Crippen LogP contribution in [0.2, 0.25) is 0 Å². The van der Waals surface area contributed by atoms with Gasteiger partial charge in [0.25, 0.3) is 5.91 Å². The standard InChI is InChI=1S/C25H29N3O2/c29-24-19-7-1-2-8-21(19)26-14-20(24)25(30)28-11-5-6-16-12-17-13-18(23(16)28)15-27-10-4-3-9-22(17)27/h1-2,7-8,12,14,17-18,22-23H,3-6,9-11,13,15H2,(H,26,29)/t17-,18+,22-,23-/m1/s1. The first-order chi connectivity index (χ1) is 14.7. The Morgan fingerprint density at radius 2 is 2.00 bits per heavy atom. The van der Waals surface area contributed by atoms with Crippen LogP contribution < -0.4 is 5.43 Å². The number of carbonyl (C=O) groups excluding carboxylic acids is 1. The van der Waals surface area contributed by atoms with Gasteiger partial charge in [0.05, 0.1) is 6.04 Å². The molecule has 3 aliphatic heterocycles. The number of pyridine rings is 1. The number of hydrogen-bond acceptors (Lipinski definition) is 3. The van der Waals surface area contributed by atoms with Gasteiger partial charge in [-0.25, -0.2) is 0 Å². The summed E-state index contributed by atoms with van der Waals surface area (Å²) in [5, 5.41) is 0.591. The molecule has 1 aromatic heterocycles. The smallest absolute Gasteiger partial charge is 0.259 e. The summed E-state index contributed by atoms with van der Waals surface area (Å²) in [5.41, 5.74) is 2.36. The molecular weight excluding hydrogens is 374 g/mol. The number of rotatable bonds is 1. The van der Waals surface area contributed by atoms with Crippen molar-refractivity contribution < 1.29 is 4.79 Å². The summed E-state index contributed by atoms with van der Waals surface area (Å²) >= 11 is 0. The number of nitrogens with zero attached hydrogens (tertiary/aromatic N) is 2. The van der Waals surface area contributed by atoms with Crippen LogP contribution in [0.1, 0.15) is 48.9 Å². The first-order valence-electron chi connectivity index (χ1n) is 11.6. The average Bonchev–Trinajstić information content (AvgIpc) is 2.79. The highest BCUT2D eigenvalue weighted by molar-refractivity contribution is 5.97. The summed E-state index contributed by atoms with van der Waals surface area (Å²) in [6, 6.07) is 8.30. The maximum absolute atomic E-state index is 13.6. The highest BCUT2D eigenvalue weighted by Crippen LogP contribution is 2.45. The van der Waals surface area contributed by atoms with Gasteiger partial charge in [0, 0.05) is 36.2 Å². The first-order valence-corrected chi connectivity index (χ1v) is 11.6. The molecule has 4 atom stereocenters. The molecular formula is C25H29N3O2. The topological polar surface area (TPSA) is 56.4 Å². The first kappa shape index (κ1) is 18.4. The molecule has 5 heteroatoms. The van der Waals surface area contributed by atoms with Crippen LogP contribution >= 0.6 is 0 Å². The van der Waals surface area contributed by atoms with Crippen molar-refractivity contribution in [3.8, 4) is 0 Å². The van der Waals surface area contributed by atoms with Gasteiger partial charge in [0.2, 0.25) is 5.43 Å². The van der Waals surface area contributed by atoms with Crippen LogP contribution in [-0.4, -0.2) is 52.4 Å². The quantitative estimate of drug-likeness (QED) is 0.741. The molecule has 0 radical (unpaired) electrons. The molecule has 2 aromatic rings. The molecule has 0 spiro atoms. The Morgan fingerprint density at radius 1 is 1.10 bits per heavy atom. The van der Waals surface area contributed by atoms with Crippen LogP contribution in [0.25, 0.3) is 10.9 Å². The monoisotopic (exact) mass is 403 g/mol. The fourth-order valence-corrected chi connectivity index (χ4v) is 6.68. The zero-order chi connectivity index (χ0) is 20.2. The fraction of sp³-hybridized carbons (Fsp3) is 0.520. The number of hydrogen-bond donors (Lipinski definition) is 1. The second-order valence-electron chi connectivity index (χ2n) is 9.58. The molecule has 4 aliphatic rings. The number of H-pyrrole nitrogens is 1. The molecule has 1 N–H and O–H groups in total. The van der Waals surface area contributed by atoms with Gasteiger partial charge in [-0.1, -0.05) is 30.2 Å². The molecule has 0 saturated carbocycles. The highest BCUT2D eigenvalue weighted by Gasteiger charge is 2.47. The highest BCUT2D eigenvalue weighted by atomic mass is 16.2. The summed E-state index contributed by atoms with van der Waals surface area (Å²) in [5.74, 6) is 1.04. The Balaban J connectivity index is 1.36. The lowest BCUT2D eigenvalue weighted by Gasteiger charge is -2.54. The molecule has 1 aromatic carbocycles. The molecule has 0 unspecified atom stereocenters. The molecule has 5 nitrogen and oxygen atoms in total. The van der Waals surface area contributed by atoms with Crippen LogP contribution in [-0.2, 0) is 0 Å². The molecule has 156 valence electrons. The maximum atomic E-state index is 13.6. The number of nitrogens with one attached hydrogen (secondary N) is 1. The second-order valence-corrected chi connectivity index (χ2v) is 9.58. The number of piperidine rings is 3. The van der Waals surface area contributed by atoms with E-state index in [1.807, 2.05) is 23.1 Å². The number of para-hydroxylation sites is 1. The van der Waals surface area contributed by atoms with E-state index < -0.39 is 0 Å². The number of benzene rings is 1. The minimum absolute atomic E-state index is 0.100. The van der Waals surface area contributed by atoms with Gasteiger partial charge < -0.3 is 9.88 Å². The van der Waals surface area contributed by atoms with E-state index in [1.165, 1.54) is 37.8 Å². The van der Waals surface area contributed by atoms with Gasteiger partial charge in [-0.3, -0.25) is 14.5 Å². The van der Waals surface area contributed by atoms with Gasteiger partial charge >= 0.3 is 0 Å². The zero-order valence-corrected chi connectivity index (χ0v) is 17.3. The summed E-state index contributed by atoms with van der Waals surface area (Å²) < 4.78 is 0. The van der Waals surface area contributed by atoms with Gasteiger partial charge in [-0.2, -0.15) is 0 Å². The number of carbonyl (C=O) groups is 1. The normalized spacial score (nSPS) is 31.1. The van der Waals surface area contributed by atoms with E-state index >= 15 is 0 Å². The van der Waals surface area contributed by atoms with E-state index in [0.717, 1.165) is 31.4 Å². The van der Waals surface area contributed by atoms with Gasteiger partial charge in [-0.15, -0.1) is 0 Å². The molecule has 6 rings (SSSR count). The lowest BCUT2D eigenvalue weighted by Crippen LogP contribution is -2.60. The Labute approximate surface area is 176 Å². The molecule has 3 saturated heterocycles. The van der Waals surface area contributed by atoms with E-state index in [9.17, 15) is 9.59 Å². The van der Waals surface area contributed by atoms with Gasteiger partial charge in [0.15, 0.2) is 0 Å². The third kappa shape index (κ3) is 2.78. The van der Waals surface area contributed by atoms with E-state index in [0.29, 0.717) is 23.3 Å². The van der Waals surface area contributed by atoms with Crippen LogP contribution in [0.15, 0.2) is 46.9 Å². The second kappa shape index (κ2) is 7.09. The summed E-state index contributed by atoms with van der Waals surface area (Å²) in [7, 11) is 0. The van der Waals surface area contributed by atoms with E-state index in [2.05, 4.69) is 16.0 Å². The Bertz CT molecular complexity index is 1090. The van der Waals surface area contributed by atoms with Crippen molar-refractivity contribution in [2.75, 3.05) is 19.6 Å². The van der Waals surface area contributed by atoms with Crippen LogP contribution in [0.5, 0.6) is 0 Å². The molecule has 30 heavy (non-hydrogen) atoms. The number of fused-ring (bicyclic) bond motifs is 7. The predicted octanol–water partition coefficient (Wildman–Crippen LogP) is 3.56. The summed E-state index contributed by atoms with van der Waals surface area (Å²) in [4.78, 5) is 34.6. The number of likely N-dealkylation sites (tertiary alicyclic amines) is 1. The lowest BCUT2D eigenvalue weighted by atomic mass is 9.68. The van der Waals surface area contributed by atoms with E-state index in [1.54, 1.807) is 12.3 Å². The SMILES string of the molecule is O=C(c1c[nH]c2ccccc2c1=O)N1CCCC2=C[C@@H]3C[C@@H](CN4CCCC[C@H]34)[C@@H]21. The maximum Gasteiger partial charge on any atom is 0.259 e. The zero-order valence-electron chi connectivity index (χ0n) is 17.3.